The Bertz CT molecular complexity index is 1640. The van der Waals surface area contributed by atoms with Crippen LogP contribution in [-0.2, 0) is 26.2 Å². The van der Waals surface area contributed by atoms with Gasteiger partial charge in [0.15, 0.2) is 0 Å². The van der Waals surface area contributed by atoms with Crippen molar-refractivity contribution in [2.75, 3.05) is 13.7 Å². The fourth-order valence-electron chi connectivity index (χ4n) is 4.96. The largest absolute Gasteiger partial charge is 0.481 e. The number of hydrogen-bond donors (Lipinski definition) is 3. The number of nitrogens with one attached hydrogen (secondary N) is 2. The van der Waals surface area contributed by atoms with E-state index in [0.717, 1.165) is 21.3 Å². The van der Waals surface area contributed by atoms with Gasteiger partial charge in [-0.2, -0.15) is 0 Å². The second kappa shape index (κ2) is 12.3. The molecule has 1 aromatic carbocycles. The van der Waals surface area contributed by atoms with Gasteiger partial charge < -0.3 is 25.0 Å². The van der Waals surface area contributed by atoms with Crippen LogP contribution in [0.25, 0.3) is 5.57 Å². The summed E-state index contributed by atoms with van der Waals surface area (Å²) < 4.78 is 7.71. The molecular weight excluding hydrogens is 546 g/mol. The van der Waals surface area contributed by atoms with Crippen LogP contribution in [-0.4, -0.2) is 44.9 Å². The van der Waals surface area contributed by atoms with Crippen LogP contribution in [0, 0.1) is 5.92 Å². The zero-order valence-corrected chi connectivity index (χ0v) is 24.4. The fraction of sp³-hybridized carbons (Fsp3) is 0.333. The highest BCUT2D eigenvalue weighted by Gasteiger charge is 2.43. The number of benzene rings is 1. The van der Waals surface area contributed by atoms with E-state index < -0.39 is 28.6 Å². The lowest BCUT2D eigenvalue weighted by Gasteiger charge is -2.40. The van der Waals surface area contributed by atoms with E-state index in [1.807, 2.05) is 56.3 Å². The summed E-state index contributed by atoms with van der Waals surface area (Å²) in [5.41, 5.74) is 0.237. The topological polar surface area (TPSA) is 127 Å². The molecule has 0 bridgehead atoms. The molecule has 2 aromatic heterocycles. The maximum Gasteiger partial charge on any atom is 0.330 e. The van der Waals surface area contributed by atoms with E-state index in [-0.39, 0.29) is 18.2 Å². The van der Waals surface area contributed by atoms with Gasteiger partial charge in [-0.05, 0) is 30.2 Å². The minimum atomic E-state index is -1.22. The number of aromatic nitrogens is 3. The molecule has 1 aliphatic rings. The molecular formula is C30H34ClN5O5. The molecule has 2 unspecified atom stereocenters. The summed E-state index contributed by atoms with van der Waals surface area (Å²) in [4.78, 5) is 43.8. The summed E-state index contributed by atoms with van der Waals surface area (Å²) in [6, 6.07) is 11.0. The number of methoxy groups -OCH3 is 1. The summed E-state index contributed by atoms with van der Waals surface area (Å²) in [6.07, 6.45) is 6.83. The normalized spacial score (nSPS) is 19.0. The van der Waals surface area contributed by atoms with Gasteiger partial charge in [0.25, 0.3) is 11.5 Å². The first-order chi connectivity index (χ1) is 19.5. The van der Waals surface area contributed by atoms with Gasteiger partial charge in [0.05, 0.1) is 19.4 Å². The molecule has 10 nitrogen and oxygen atoms in total. The molecule has 216 valence electrons. The Morgan fingerprint density at radius 1 is 1.22 bits per heavy atom. The van der Waals surface area contributed by atoms with Gasteiger partial charge in [0.2, 0.25) is 5.88 Å². The van der Waals surface area contributed by atoms with E-state index in [1.54, 1.807) is 12.1 Å². The van der Waals surface area contributed by atoms with Gasteiger partial charge in [-0.15, -0.1) is 0 Å². The Balaban J connectivity index is 1.85. The maximum absolute atomic E-state index is 13.8. The maximum atomic E-state index is 13.8. The number of amides is 1. The number of hydrogen-bond acceptors (Lipinski definition) is 7. The number of aryl methyl sites for hydroxylation is 1. The number of carbonyl (C=O) groups is 1. The Morgan fingerprint density at radius 2 is 1.95 bits per heavy atom. The highest BCUT2D eigenvalue weighted by Crippen LogP contribution is 2.44. The molecule has 0 aliphatic heterocycles. The van der Waals surface area contributed by atoms with Crippen molar-refractivity contribution in [1.82, 2.24) is 24.8 Å². The lowest BCUT2D eigenvalue weighted by atomic mass is 9.72. The van der Waals surface area contributed by atoms with Crippen molar-refractivity contribution in [3.05, 3.63) is 109 Å². The molecule has 1 aliphatic carbocycles. The Morgan fingerprint density at radius 3 is 2.63 bits per heavy atom. The van der Waals surface area contributed by atoms with Gasteiger partial charge in [-0.3, -0.25) is 14.2 Å². The molecule has 3 N–H and O–H groups in total. The number of rotatable bonds is 9. The van der Waals surface area contributed by atoms with Crippen LogP contribution < -0.4 is 26.6 Å². The summed E-state index contributed by atoms with van der Waals surface area (Å²) in [5, 5.41) is 16.2. The highest BCUT2D eigenvalue weighted by atomic mass is 35.5. The molecule has 0 radical (unpaired) electrons. The number of carbonyl (C=O) groups excluding carboxylic acids is 1. The predicted octanol–water partition coefficient (Wildman–Crippen LogP) is 2.53. The standard InChI is InChI=1S/C30H34ClN5O5/c1-18(17-37)32-15-20-12-13-25(33-27(20)41-5)30(34-26(38)23-16-35(3)29(40)36(4)28(23)39)14-8-10-21(19(30)2)22-9-6-7-11-24(22)31/h6-14,16,18-19,32,37H,15,17H2,1-5H3,(H,34,38)/t18?,19-,30?/m1/s1. The van der Waals surface area contributed by atoms with Crippen LogP contribution in [0.2, 0.25) is 5.02 Å². The molecule has 4 rings (SSSR count). The van der Waals surface area contributed by atoms with Gasteiger partial charge in [0.1, 0.15) is 11.1 Å². The monoisotopic (exact) mass is 579 g/mol. The Kier molecular flexibility index (Phi) is 8.96. The van der Waals surface area contributed by atoms with E-state index in [0.29, 0.717) is 23.1 Å². The van der Waals surface area contributed by atoms with Crippen molar-refractivity contribution in [2.45, 2.75) is 32.0 Å². The number of aliphatic hydroxyl groups is 1. The average molecular weight is 580 g/mol. The summed E-state index contributed by atoms with van der Waals surface area (Å²) in [7, 11) is 4.32. The number of ether oxygens (including phenoxy) is 1. The second-order valence-corrected chi connectivity index (χ2v) is 10.5. The first kappa shape index (κ1) is 30.0. The first-order valence-corrected chi connectivity index (χ1v) is 13.5. The average Bonchev–Trinajstić information content (AvgIpc) is 2.98. The van der Waals surface area contributed by atoms with Crippen molar-refractivity contribution >= 4 is 23.1 Å². The van der Waals surface area contributed by atoms with Gasteiger partial charge in [-0.1, -0.05) is 61.0 Å². The molecule has 0 fully saturated rings. The van der Waals surface area contributed by atoms with Crippen LogP contribution >= 0.6 is 11.6 Å². The van der Waals surface area contributed by atoms with E-state index in [2.05, 4.69) is 10.6 Å². The summed E-state index contributed by atoms with van der Waals surface area (Å²) in [6.45, 7) is 4.19. The lowest BCUT2D eigenvalue weighted by Crippen LogP contribution is -2.52. The fourth-order valence-corrected chi connectivity index (χ4v) is 5.20. The SMILES string of the molecule is COc1nc(C2(NC(=O)c3cn(C)c(=O)n(C)c3=O)C=CC=C(c3ccccc3Cl)[C@H]2C)ccc1CNC(C)CO. The van der Waals surface area contributed by atoms with Crippen LogP contribution in [0.4, 0.5) is 0 Å². The van der Waals surface area contributed by atoms with E-state index >= 15 is 0 Å². The zero-order chi connectivity index (χ0) is 29.9. The molecule has 41 heavy (non-hydrogen) atoms. The quantitative estimate of drug-likeness (QED) is 0.355. The smallest absolute Gasteiger partial charge is 0.330 e. The van der Waals surface area contributed by atoms with E-state index in [4.69, 9.17) is 21.3 Å². The molecule has 3 aromatic rings. The number of pyridine rings is 1. The van der Waals surface area contributed by atoms with Crippen molar-refractivity contribution in [2.24, 2.45) is 20.0 Å². The minimum absolute atomic E-state index is 0.0209. The summed E-state index contributed by atoms with van der Waals surface area (Å²) in [5.74, 6) is -0.717. The first-order valence-electron chi connectivity index (χ1n) is 13.2. The number of allylic oxidation sites excluding steroid dienone is 2. The highest BCUT2D eigenvalue weighted by molar-refractivity contribution is 6.32. The molecule has 1 amide bonds. The third-order valence-corrected chi connectivity index (χ3v) is 7.78. The predicted molar refractivity (Wildman–Crippen MR) is 158 cm³/mol. The van der Waals surface area contributed by atoms with Crippen molar-refractivity contribution in [1.29, 1.82) is 0 Å². The van der Waals surface area contributed by atoms with Gasteiger partial charge in [-0.25, -0.2) is 9.78 Å². The zero-order valence-electron chi connectivity index (χ0n) is 23.6. The minimum Gasteiger partial charge on any atom is -0.481 e. The number of nitrogens with zero attached hydrogens (tertiary/aromatic N) is 3. The third kappa shape index (κ3) is 5.76. The molecule has 2 heterocycles. The molecule has 0 spiro atoms. The summed E-state index contributed by atoms with van der Waals surface area (Å²) >= 11 is 6.59. The Labute approximate surface area is 243 Å². The van der Waals surface area contributed by atoms with E-state index in [1.165, 1.54) is 32.0 Å². The van der Waals surface area contributed by atoms with E-state index in [9.17, 15) is 19.5 Å². The molecule has 11 heteroatoms. The molecule has 0 saturated heterocycles. The van der Waals surface area contributed by atoms with Crippen LogP contribution in [0.3, 0.4) is 0 Å². The van der Waals surface area contributed by atoms with Crippen LogP contribution in [0.5, 0.6) is 5.88 Å². The lowest BCUT2D eigenvalue weighted by molar-refractivity contribution is 0.0896. The van der Waals surface area contributed by atoms with Crippen LogP contribution in [0.15, 0.2) is 70.4 Å². The van der Waals surface area contributed by atoms with Crippen LogP contribution in [0.1, 0.15) is 41.0 Å². The number of aliphatic hydroxyl groups excluding tert-OH is 1. The molecule has 0 saturated carbocycles. The third-order valence-electron chi connectivity index (χ3n) is 7.45. The van der Waals surface area contributed by atoms with Gasteiger partial charge >= 0.3 is 5.69 Å². The van der Waals surface area contributed by atoms with Crippen molar-refractivity contribution in [3.8, 4) is 5.88 Å². The Hall–Kier alpha value is -3.99. The number of halogens is 1. The van der Waals surface area contributed by atoms with Crippen molar-refractivity contribution in [3.63, 3.8) is 0 Å². The molecule has 3 atom stereocenters. The second-order valence-electron chi connectivity index (χ2n) is 10.1. The van der Waals surface area contributed by atoms with Crippen molar-refractivity contribution < 1.29 is 14.6 Å². The van der Waals surface area contributed by atoms with Gasteiger partial charge in [0, 0.05) is 49.4 Å².